The molecule has 3 aromatic rings. The molecule has 37 heavy (non-hydrogen) atoms. The van der Waals surface area contributed by atoms with Crippen LogP contribution in [0.3, 0.4) is 0 Å². The maximum absolute atomic E-state index is 12.1. The smallest absolute Gasteiger partial charge is 0.340 e. The van der Waals surface area contributed by atoms with E-state index in [4.69, 9.17) is 0 Å². The molecule has 3 aromatic heterocycles. The van der Waals surface area contributed by atoms with Gasteiger partial charge in [-0.15, -0.1) is 0 Å². The number of aromatic amines is 2. The normalized spacial score (nSPS) is 11.7. The summed E-state index contributed by atoms with van der Waals surface area (Å²) in [5, 5.41) is 39.5. The Morgan fingerprint density at radius 2 is 0.757 bits per heavy atom. The number of fused-ring (bicyclic) bond motifs is 8. The maximum atomic E-state index is 12.1. The van der Waals surface area contributed by atoms with Crippen LogP contribution in [0.25, 0.3) is 46.4 Å². The topological polar surface area (TPSA) is 207 Å². The van der Waals surface area contributed by atoms with Crippen molar-refractivity contribution in [2.75, 3.05) is 0 Å². The molecule has 1 radical (unpaired) electrons. The summed E-state index contributed by atoms with van der Waals surface area (Å²) >= 11 is 0. The van der Waals surface area contributed by atoms with Crippen LogP contribution in [0, 0.1) is 0 Å². The van der Waals surface area contributed by atoms with E-state index in [1.54, 1.807) is 0 Å². The van der Waals surface area contributed by atoms with Gasteiger partial charge in [0.05, 0.1) is 44.8 Å². The summed E-state index contributed by atoms with van der Waals surface area (Å²) in [7, 11) is 0. The van der Waals surface area contributed by atoms with Gasteiger partial charge in [-0.25, -0.2) is 29.1 Å². The minimum absolute atomic E-state index is 0. The average molecular weight is 541 g/mol. The van der Waals surface area contributed by atoms with Crippen LogP contribution < -0.4 is 0 Å². The van der Waals surface area contributed by atoms with Gasteiger partial charge in [0, 0.05) is 17.1 Å². The van der Waals surface area contributed by atoms with E-state index < -0.39 is 23.9 Å². The van der Waals surface area contributed by atoms with E-state index in [-0.39, 0.29) is 84.2 Å². The van der Waals surface area contributed by atoms with Gasteiger partial charge in [-0.2, -0.15) is 0 Å². The molecule has 8 bridgehead atoms. The molecule has 0 unspecified atom stereocenters. The SMILES string of the molecule is O=C(O)c1c2nc(c(C(=O)O)c3ccc([nH]3)c(C(=O)O)c3ccc([nH]3)c(C(=O)O)c3nc1C=C3)C=C2.[Mn]. The number of carboxylic acids is 4. The summed E-state index contributed by atoms with van der Waals surface area (Å²) in [6.45, 7) is 0. The minimum atomic E-state index is -1.40. The minimum Gasteiger partial charge on any atom is -0.478 e. The predicted octanol–water partition coefficient (Wildman–Crippen LogP) is 3.45. The number of nitrogens with zero attached hydrogens (tertiary/aromatic N) is 2. The zero-order valence-electron chi connectivity index (χ0n) is 18.3. The van der Waals surface area contributed by atoms with Gasteiger partial charge in [-0.05, 0) is 48.6 Å². The van der Waals surface area contributed by atoms with Crippen LogP contribution in [0.1, 0.15) is 64.2 Å². The third-order valence-electron chi connectivity index (χ3n) is 5.61. The van der Waals surface area contributed by atoms with Gasteiger partial charge < -0.3 is 30.4 Å². The van der Waals surface area contributed by atoms with Crippen molar-refractivity contribution >= 4 is 70.2 Å². The van der Waals surface area contributed by atoms with Gasteiger partial charge >= 0.3 is 23.9 Å². The number of carbonyl (C=O) groups is 4. The number of hydrogen-bond acceptors (Lipinski definition) is 6. The third-order valence-corrected chi connectivity index (χ3v) is 5.61. The van der Waals surface area contributed by atoms with Gasteiger partial charge in [0.15, 0.2) is 0 Å². The van der Waals surface area contributed by atoms with Crippen LogP contribution in [-0.2, 0) is 17.1 Å². The second-order valence-corrected chi connectivity index (χ2v) is 7.72. The molecule has 0 spiro atoms. The van der Waals surface area contributed by atoms with Gasteiger partial charge in [0.25, 0.3) is 0 Å². The number of carboxylic acid groups (broad SMARTS) is 4. The Morgan fingerprint density at radius 3 is 1.05 bits per heavy atom. The third kappa shape index (κ3) is 4.18. The fourth-order valence-corrected chi connectivity index (χ4v) is 4.11. The van der Waals surface area contributed by atoms with Crippen LogP contribution in [0.2, 0.25) is 0 Å². The maximum Gasteiger partial charge on any atom is 0.340 e. The van der Waals surface area contributed by atoms with E-state index in [0.717, 1.165) is 0 Å². The first-order valence-electron chi connectivity index (χ1n) is 10.2. The molecule has 2 aliphatic heterocycles. The number of aromatic carboxylic acids is 4. The Balaban J connectivity index is 0.00000320. The first-order valence-corrected chi connectivity index (χ1v) is 10.2. The van der Waals surface area contributed by atoms with Gasteiger partial charge in [-0.3, -0.25) is 0 Å². The predicted molar refractivity (Wildman–Crippen MR) is 127 cm³/mol. The quantitative estimate of drug-likeness (QED) is 0.183. The summed E-state index contributed by atoms with van der Waals surface area (Å²) in [5.74, 6) is -5.50. The molecule has 5 heterocycles. The van der Waals surface area contributed by atoms with Gasteiger partial charge in [-0.1, -0.05) is 0 Å². The molecule has 185 valence electrons. The molecule has 0 aromatic carbocycles. The van der Waals surface area contributed by atoms with E-state index in [1.807, 2.05) is 0 Å². The molecule has 0 aliphatic carbocycles. The van der Waals surface area contributed by atoms with Gasteiger partial charge in [0.1, 0.15) is 22.3 Å². The summed E-state index contributed by atoms with van der Waals surface area (Å²) < 4.78 is 0. The largest absolute Gasteiger partial charge is 0.478 e. The number of hydrogen-bond donors (Lipinski definition) is 6. The number of aromatic nitrogens is 4. The Morgan fingerprint density at radius 1 is 0.486 bits per heavy atom. The monoisotopic (exact) mass is 541 g/mol. The molecular formula is C24H14MnN4O8. The first kappa shape index (κ1) is 25.1. The van der Waals surface area contributed by atoms with Crippen LogP contribution >= 0.6 is 0 Å². The fraction of sp³-hybridized carbons (Fsp3) is 0. The van der Waals surface area contributed by atoms with Crippen molar-refractivity contribution in [2.45, 2.75) is 0 Å². The molecule has 5 rings (SSSR count). The number of H-pyrrole nitrogens is 2. The van der Waals surface area contributed by atoms with Gasteiger partial charge in [0.2, 0.25) is 0 Å². The molecule has 0 fully saturated rings. The van der Waals surface area contributed by atoms with Crippen LogP contribution in [0.5, 0.6) is 0 Å². The van der Waals surface area contributed by atoms with E-state index in [9.17, 15) is 39.6 Å². The summed E-state index contributed by atoms with van der Waals surface area (Å²) in [6.07, 6.45) is 5.26. The van der Waals surface area contributed by atoms with Crippen molar-refractivity contribution in [1.29, 1.82) is 0 Å². The summed E-state index contributed by atoms with van der Waals surface area (Å²) in [4.78, 5) is 62.4. The van der Waals surface area contributed by atoms with Crippen molar-refractivity contribution in [3.05, 3.63) is 69.3 Å². The van der Waals surface area contributed by atoms with Crippen molar-refractivity contribution in [3.63, 3.8) is 0 Å². The van der Waals surface area contributed by atoms with E-state index in [1.165, 1.54) is 48.6 Å². The molecule has 0 atom stereocenters. The Kier molecular flexibility index (Phi) is 6.26. The van der Waals surface area contributed by atoms with E-state index in [2.05, 4.69) is 19.9 Å². The zero-order valence-corrected chi connectivity index (χ0v) is 19.5. The molecule has 6 N–H and O–H groups in total. The first-order chi connectivity index (χ1) is 17.2. The molecular weight excluding hydrogens is 527 g/mol. The molecule has 2 aliphatic rings. The number of rotatable bonds is 4. The van der Waals surface area contributed by atoms with Crippen molar-refractivity contribution in [2.24, 2.45) is 0 Å². The molecule has 0 amide bonds. The summed E-state index contributed by atoms with van der Waals surface area (Å²) in [6, 6.07) is 5.45. The van der Waals surface area contributed by atoms with Crippen LogP contribution in [0.4, 0.5) is 0 Å². The zero-order chi connectivity index (χ0) is 25.7. The van der Waals surface area contributed by atoms with Crippen molar-refractivity contribution in [1.82, 2.24) is 19.9 Å². The Bertz CT molecular complexity index is 1650. The second-order valence-electron chi connectivity index (χ2n) is 7.72. The Hall–Kier alpha value is -5.00. The van der Waals surface area contributed by atoms with Crippen LogP contribution in [0.15, 0.2) is 24.3 Å². The van der Waals surface area contributed by atoms with Crippen molar-refractivity contribution < 1.29 is 56.7 Å². The van der Waals surface area contributed by atoms with E-state index in [0.29, 0.717) is 0 Å². The standard InChI is InChI=1S/C24H14N4O8.Mn/c29-21(30)17-9-1-2-10(25-9)18(22(31)32)12-5-6-14(27-12)20(24(35)36)16-8-7-15(28-16)19(23(33)34)13-4-3-11(17)26-13;/h1-8,25-26H,(H,29,30)(H,31,32)(H,33,34)(H,35,36);. The second kappa shape index (κ2) is 9.22. The Labute approximate surface area is 216 Å². The summed E-state index contributed by atoms with van der Waals surface area (Å²) in [5.41, 5.74) is -1.38. The average Bonchev–Trinajstić information content (AvgIpc) is 3.57. The number of nitrogens with one attached hydrogen (secondary N) is 2. The fourth-order valence-electron chi connectivity index (χ4n) is 4.11. The van der Waals surface area contributed by atoms with Crippen molar-refractivity contribution in [3.8, 4) is 0 Å². The molecule has 13 heteroatoms. The molecule has 0 saturated heterocycles. The van der Waals surface area contributed by atoms with Crippen LogP contribution in [-0.4, -0.2) is 64.2 Å². The molecule has 12 nitrogen and oxygen atoms in total. The van der Waals surface area contributed by atoms with E-state index >= 15 is 0 Å². The molecule has 0 saturated carbocycles.